The molecule has 2 aromatic heterocycles. The Labute approximate surface area is 353 Å². The van der Waals surface area contributed by atoms with Crippen molar-refractivity contribution in [2.75, 3.05) is 26.4 Å². The number of unbranched alkanes of at least 4 members (excludes halogenated alkanes) is 14. The van der Waals surface area contributed by atoms with Crippen molar-refractivity contribution in [3.8, 4) is 45.8 Å². The van der Waals surface area contributed by atoms with E-state index in [0.29, 0.717) is 62.4 Å². The first-order valence-electron chi connectivity index (χ1n) is 22.2. The van der Waals surface area contributed by atoms with E-state index in [9.17, 15) is 0 Å². The summed E-state index contributed by atoms with van der Waals surface area (Å²) in [4.78, 5) is 18.7. The molecule has 4 heterocycles. The van der Waals surface area contributed by atoms with Gasteiger partial charge in [0.15, 0.2) is 23.1 Å². The van der Waals surface area contributed by atoms with Crippen molar-refractivity contribution in [3.63, 3.8) is 0 Å². The third kappa shape index (κ3) is 14.9. The first-order valence-corrected chi connectivity index (χ1v) is 22.2. The highest BCUT2D eigenvalue weighted by Gasteiger charge is 2.41. The molecule has 0 bridgehead atoms. The van der Waals surface area contributed by atoms with Gasteiger partial charge in [-0.25, -0.2) is 19.9 Å². The highest BCUT2D eigenvalue weighted by Crippen LogP contribution is 2.40. The van der Waals surface area contributed by atoms with Crippen LogP contribution in [-0.4, -0.2) is 57.6 Å². The monoisotopic (exact) mass is 803 g/mol. The van der Waals surface area contributed by atoms with Gasteiger partial charge in [-0.2, -0.15) is 0 Å². The van der Waals surface area contributed by atoms with Crippen LogP contribution in [0.4, 0.5) is 0 Å². The summed E-state index contributed by atoms with van der Waals surface area (Å²) in [5.41, 5.74) is 3.47. The molecule has 59 heavy (non-hydrogen) atoms. The van der Waals surface area contributed by atoms with Gasteiger partial charge in [0.05, 0.1) is 62.4 Å². The molecule has 2 fully saturated rings. The van der Waals surface area contributed by atoms with E-state index in [4.69, 9.17) is 23.7 Å². The van der Waals surface area contributed by atoms with Crippen molar-refractivity contribution in [2.24, 2.45) is 0 Å². The van der Waals surface area contributed by atoms with Gasteiger partial charge in [-0.15, -0.1) is 13.2 Å². The summed E-state index contributed by atoms with van der Waals surface area (Å²) in [6, 6.07) is 12.3. The first kappa shape index (κ1) is 44.0. The normalized spacial score (nSPS) is 18.0. The molecule has 2 aliphatic rings. The largest absolute Gasteiger partial charge is 0.490 e. The highest BCUT2D eigenvalue weighted by molar-refractivity contribution is 5.62. The van der Waals surface area contributed by atoms with Gasteiger partial charge in [-0.3, -0.25) is 0 Å². The first-order chi connectivity index (χ1) is 28.9. The molecule has 0 unspecified atom stereocenters. The van der Waals surface area contributed by atoms with Crippen molar-refractivity contribution < 1.29 is 23.7 Å². The fraction of sp³-hybridized carbons (Fsp3) is 0.520. The zero-order valence-corrected chi connectivity index (χ0v) is 35.7. The van der Waals surface area contributed by atoms with Crippen LogP contribution < -0.4 is 14.2 Å². The Kier molecular flexibility index (Phi) is 16.9. The summed E-state index contributed by atoms with van der Waals surface area (Å²) in [6.07, 6.45) is 31.9. The molecule has 9 heteroatoms. The molecule has 0 radical (unpaired) electrons. The van der Waals surface area contributed by atoms with Crippen LogP contribution in [0.3, 0.4) is 0 Å². The van der Waals surface area contributed by atoms with Crippen molar-refractivity contribution >= 4 is 0 Å². The Hall–Kier alpha value is -4.60. The van der Waals surface area contributed by atoms with Gasteiger partial charge in [-0.05, 0) is 99.9 Å². The Balaban J connectivity index is 1.05. The van der Waals surface area contributed by atoms with Crippen LogP contribution >= 0.6 is 0 Å². The molecule has 0 spiro atoms. The van der Waals surface area contributed by atoms with E-state index in [-0.39, 0.29) is 11.2 Å². The van der Waals surface area contributed by atoms with Gasteiger partial charge >= 0.3 is 0 Å². The molecular formula is C50H66N4O5. The average Bonchev–Trinajstić information content (AvgIpc) is 4.18. The zero-order valence-electron chi connectivity index (χ0n) is 35.7. The summed E-state index contributed by atoms with van der Waals surface area (Å²) in [6.45, 7) is 14.6. The number of epoxide rings is 2. The summed E-state index contributed by atoms with van der Waals surface area (Å²) >= 11 is 0. The molecule has 0 amide bonds. The Morgan fingerprint density at radius 1 is 0.542 bits per heavy atom. The fourth-order valence-electron chi connectivity index (χ4n) is 7.30. The van der Waals surface area contributed by atoms with E-state index < -0.39 is 0 Å². The lowest BCUT2D eigenvalue weighted by atomic mass is 9.97. The molecule has 2 aromatic carbocycles. The van der Waals surface area contributed by atoms with E-state index in [2.05, 4.69) is 59.1 Å². The third-order valence-corrected chi connectivity index (χ3v) is 11.2. The minimum absolute atomic E-state index is 0.221. The number of ether oxygens (including phenoxy) is 5. The smallest absolute Gasteiger partial charge is 0.159 e. The van der Waals surface area contributed by atoms with Crippen LogP contribution in [0.5, 0.6) is 23.0 Å². The van der Waals surface area contributed by atoms with Crippen LogP contribution in [0.15, 0.2) is 86.5 Å². The van der Waals surface area contributed by atoms with Gasteiger partial charge in [-0.1, -0.05) is 76.4 Å². The predicted octanol–water partition coefficient (Wildman–Crippen LogP) is 12.4. The minimum atomic E-state index is -0.221. The van der Waals surface area contributed by atoms with Gasteiger partial charge < -0.3 is 23.7 Å². The molecular weight excluding hydrogens is 737 g/mol. The van der Waals surface area contributed by atoms with Gasteiger partial charge in [0.25, 0.3) is 0 Å². The topological polar surface area (TPSA) is 104 Å². The summed E-state index contributed by atoms with van der Waals surface area (Å²) in [7, 11) is 0. The van der Waals surface area contributed by atoms with E-state index in [1.165, 1.54) is 77.0 Å². The number of allylic oxidation sites excluding steroid dienone is 2. The number of nitrogens with zero attached hydrogens (tertiary/aromatic N) is 4. The third-order valence-electron chi connectivity index (χ3n) is 11.2. The molecule has 316 valence electrons. The van der Waals surface area contributed by atoms with Crippen molar-refractivity contribution in [1.82, 2.24) is 19.9 Å². The van der Waals surface area contributed by atoms with E-state index in [1.807, 2.05) is 36.4 Å². The molecule has 9 nitrogen and oxygen atoms in total. The van der Waals surface area contributed by atoms with E-state index in [0.717, 1.165) is 59.4 Å². The maximum Gasteiger partial charge on any atom is 0.159 e. The van der Waals surface area contributed by atoms with Gasteiger partial charge in [0.2, 0.25) is 0 Å². The number of aromatic nitrogens is 4. The molecule has 6 rings (SSSR count). The van der Waals surface area contributed by atoms with Crippen LogP contribution in [0.25, 0.3) is 22.8 Å². The predicted molar refractivity (Wildman–Crippen MR) is 236 cm³/mol. The second-order valence-electron chi connectivity index (χ2n) is 16.9. The maximum atomic E-state index is 6.77. The van der Waals surface area contributed by atoms with Crippen molar-refractivity contribution in [1.29, 1.82) is 0 Å². The van der Waals surface area contributed by atoms with Crippen LogP contribution in [0.1, 0.15) is 128 Å². The zero-order chi connectivity index (χ0) is 41.2. The lowest BCUT2D eigenvalue weighted by molar-refractivity contribution is 0.302. The molecule has 0 N–H and O–H groups in total. The quantitative estimate of drug-likeness (QED) is 0.0289. The second-order valence-corrected chi connectivity index (χ2v) is 16.9. The number of hydrogen-bond acceptors (Lipinski definition) is 9. The van der Waals surface area contributed by atoms with E-state index >= 15 is 0 Å². The standard InChI is InChI=1S/C50H66N4O5/c1-5-7-9-11-13-15-17-19-21-27-55-43-33-51-47(52-34-43)39-23-25-45(41(29-39)31-49(3)37-57-49)59-46-26-24-40(30-42(46)32-50(4)38-58-50)48-53-35-44(36-54-48)56-28-22-20-18-16-14-12-10-8-6-2/h5-6,23-26,29-30,33-36H,1-2,7-22,27-28,31-32,37-38H2,3-4H3/t49-,50-/m0/s1. The second kappa shape index (κ2) is 22.7. The summed E-state index contributed by atoms with van der Waals surface area (Å²) in [5, 5.41) is 0. The molecule has 0 aliphatic carbocycles. The Bertz CT molecular complexity index is 1750. The number of rotatable bonds is 30. The Morgan fingerprint density at radius 2 is 0.898 bits per heavy atom. The molecule has 2 atom stereocenters. The summed E-state index contributed by atoms with van der Waals surface area (Å²) in [5.74, 6) is 4.23. The molecule has 4 aromatic rings. The van der Waals surface area contributed by atoms with Crippen LogP contribution in [-0.2, 0) is 22.3 Å². The number of benzene rings is 2. The molecule has 0 saturated carbocycles. The lowest BCUT2D eigenvalue weighted by Gasteiger charge is -2.18. The van der Waals surface area contributed by atoms with E-state index in [1.54, 1.807) is 24.8 Å². The maximum absolute atomic E-state index is 6.77. The van der Waals surface area contributed by atoms with Crippen molar-refractivity contribution in [2.45, 2.75) is 141 Å². The highest BCUT2D eigenvalue weighted by atomic mass is 16.6. The SMILES string of the molecule is C=CCCCCCCCCCOc1cnc(-c2ccc(Oc3ccc(-c4ncc(OCCCCCCCCCC=C)cn4)cc3C[C@@]3(C)CO3)c(C[C@@]3(C)CO3)c2)nc1. The minimum Gasteiger partial charge on any atom is -0.490 e. The lowest BCUT2D eigenvalue weighted by Crippen LogP contribution is -2.11. The Morgan fingerprint density at radius 3 is 1.25 bits per heavy atom. The van der Waals surface area contributed by atoms with Crippen LogP contribution in [0.2, 0.25) is 0 Å². The number of hydrogen-bond donors (Lipinski definition) is 0. The summed E-state index contributed by atoms with van der Waals surface area (Å²) < 4.78 is 30.4. The fourth-order valence-corrected chi connectivity index (χ4v) is 7.30. The van der Waals surface area contributed by atoms with Crippen molar-refractivity contribution in [3.05, 3.63) is 97.6 Å². The van der Waals surface area contributed by atoms with Crippen LogP contribution in [0, 0.1) is 0 Å². The molecule has 2 aliphatic heterocycles. The van der Waals surface area contributed by atoms with Gasteiger partial charge in [0.1, 0.15) is 11.5 Å². The van der Waals surface area contributed by atoms with Gasteiger partial charge in [0, 0.05) is 24.0 Å². The molecule has 2 saturated heterocycles. The average molecular weight is 803 g/mol.